The van der Waals surface area contributed by atoms with Crippen molar-refractivity contribution in [1.29, 1.82) is 0 Å². The Hall–Kier alpha value is -1.84. The fraction of sp³-hybridized carbons (Fsp3) is 0.438. The molecule has 134 valence electrons. The lowest BCUT2D eigenvalue weighted by Crippen LogP contribution is -2.32. The third kappa shape index (κ3) is 5.32. The first-order chi connectivity index (χ1) is 12.2. The Bertz CT molecular complexity index is 704. The molecule has 1 aromatic carbocycles. The molecule has 9 heteroatoms. The smallest absolute Gasteiger partial charge is 0.230 e. The summed E-state index contributed by atoms with van der Waals surface area (Å²) >= 11 is 2.77. The van der Waals surface area contributed by atoms with Crippen molar-refractivity contribution in [3.8, 4) is 5.75 Å². The van der Waals surface area contributed by atoms with Gasteiger partial charge >= 0.3 is 0 Å². The monoisotopic (exact) mass is 380 g/mol. The molecule has 0 unspecified atom stereocenters. The Labute approximate surface area is 154 Å². The minimum Gasteiger partial charge on any atom is -0.495 e. The number of carbonyl (C=O) groups is 1. The summed E-state index contributed by atoms with van der Waals surface area (Å²) in [6.07, 6.45) is 2.25. The van der Waals surface area contributed by atoms with Crippen LogP contribution >= 0.6 is 23.1 Å². The molecular formula is C16H20N4O3S2. The standard InChI is InChI=1S/C16H20N4O3S2/c1-22-13-7-3-2-6-12(13)18-15-19-20-16(25-15)24-10-14(21)17-9-11-5-4-8-23-11/h2-3,6-7,11H,4-5,8-10H2,1H3,(H,17,21)(H,18,19)/t11-/m1/s1. The predicted molar refractivity (Wildman–Crippen MR) is 98.9 cm³/mol. The Morgan fingerprint density at radius 2 is 2.32 bits per heavy atom. The minimum absolute atomic E-state index is 0.0186. The van der Waals surface area contributed by atoms with Crippen molar-refractivity contribution in [1.82, 2.24) is 15.5 Å². The van der Waals surface area contributed by atoms with E-state index in [4.69, 9.17) is 9.47 Å². The third-order valence-electron chi connectivity index (χ3n) is 3.63. The molecule has 2 aromatic rings. The second kappa shape index (κ2) is 9.02. The summed E-state index contributed by atoms with van der Waals surface area (Å²) in [5.74, 6) is 1.03. The maximum atomic E-state index is 11.9. The normalized spacial score (nSPS) is 16.6. The molecule has 1 saturated heterocycles. The van der Waals surface area contributed by atoms with Crippen LogP contribution < -0.4 is 15.4 Å². The van der Waals surface area contributed by atoms with Crippen LogP contribution in [0.5, 0.6) is 5.75 Å². The highest BCUT2D eigenvalue weighted by Gasteiger charge is 2.16. The summed E-state index contributed by atoms with van der Waals surface area (Å²) in [4.78, 5) is 11.9. The van der Waals surface area contributed by atoms with E-state index in [1.807, 2.05) is 24.3 Å². The zero-order valence-corrected chi connectivity index (χ0v) is 15.5. The number of methoxy groups -OCH3 is 1. The molecular weight excluding hydrogens is 360 g/mol. The summed E-state index contributed by atoms with van der Waals surface area (Å²) < 4.78 is 11.5. The molecule has 0 radical (unpaired) electrons. The highest BCUT2D eigenvalue weighted by molar-refractivity contribution is 8.01. The molecule has 25 heavy (non-hydrogen) atoms. The third-order valence-corrected chi connectivity index (χ3v) is 5.60. The molecule has 1 atom stereocenters. The van der Waals surface area contributed by atoms with Gasteiger partial charge in [0.2, 0.25) is 11.0 Å². The van der Waals surface area contributed by atoms with Crippen LogP contribution in [0.1, 0.15) is 12.8 Å². The van der Waals surface area contributed by atoms with Crippen LogP contribution in [0.2, 0.25) is 0 Å². The molecule has 0 saturated carbocycles. The number of aromatic nitrogens is 2. The first-order valence-corrected chi connectivity index (χ1v) is 9.79. The SMILES string of the molecule is COc1ccccc1Nc1nnc(SCC(=O)NC[C@H]2CCCO2)s1. The van der Waals surface area contributed by atoms with Gasteiger partial charge in [-0.25, -0.2) is 0 Å². The first-order valence-electron chi connectivity index (χ1n) is 7.99. The zero-order valence-electron chi connectivity index (χ0n) is 13.9. The number of nitrogens with one attached hydrogen (secondary N) is 2. The second-order valence-corrected chi connectivity index (χ2v) is 7.63. The van der Waals surface area contributed by atoms with Crippen molar-refractivity contribution in [3.05, 3.63) is 24.3 Å². The summed E-state index contributed by atoms with van der Waals surface area (Å²) in [6.45, 7) is 1.37. The Morgan fingerprint density at radius 1 is 1.44 bits per heavy atom. The molecule has 1 aromatic heterocycles. The van der Waals surface area contributed by atoms with Crippen LogP contribution in [0, 0.1) is 0 Å². The van der Waals surface area contributed by atoms with Crippen molar-refractivity contribution in [2.45, 2.75) is 23.3 Å². The Morgan fingerprint density at radius 3 is 3.12 bits per heavy atom. The molecule has 0 aliphatic carbocycles. The largest absolute Gasteiger partial charge is 0.495 e. The van der Waals surface area contributed by atoms with E-state index in [0.29, 0.717) is 17.4 Å². The molecule has 2 N–H and O–H groups in total. The number of nitrogens with zero attached hydrogens (tertiary/aromatic N) is 2. The summed E-state index contributed by atoms with van der Waals surface area (Å²) in [5.41, 5.74) is 0.826. The van der Waals surface area contributed by atoms with Gasteiger partial charge in [0.15, 0.2) is 4.34 Å². The van der Waals surface area contributed by atoms with Crippen LogP contribution in [-0.2, 0) is 9.53 Å². The van der Waals surface area contributed by atoms with E-state index >= 15 is 0 Å². The average Bonchev–Trinajstić information content (AvgIpc) is 3.30. The van der Waals surface area contributed by atoms with Gasteiger partial charge in [-0.15, -0.1) is 10.2 Å². The highest BCUT2D eigenvalue weighted by atomic mass is 32.2. The van der Waals surface area contributed by atoms with Crippen LogP contribution in [0.25, 0.3) is 0 Å². The lowest BCUT2D eigenvalue weighted by atomic mass is 10.2. The van der Waals surface area contributed by atoms with E-state index in [1.165, 1.54) is 23.1 Å². The van der Waals surface area contributed by atoms with Crippen LogP contribution in [0.4, 0.5) is 10.8 Å². The van der Waals surface area contributed by atoms with E-state index in [9.17, 15) is 4.79 Å². The van der Waals surface area contributed by atoms with Crippen molar-refractivity contribution in [3.63, 3.8) is 0 Å². The molecule has 1 aliphatic heterocycles. The fourth-order valence-corrected chi connectivity index (χ4v) is 3.99. The van der Waals surface area contributed by atoms with Crippen LogP contribution in [0.3, 0.4) is 0 Å². The van der Waals surface area contributed by atoms with Gasteiger partial charge in [0.05, 0.1) is 24.7 Å². The number of rotatable bonds is 8. The van der Waals surface area contributed by atoms with Crippen molar-refractivity contribution < 1.29 is 14.3 Å². The lowest BCUT2D eigenvalue weighted by Gasteiger charge is -2.09. The number of amides is 1. The van der Waals surface area contributed by atoms with Gasteiger partial charge in [-0.05, 0) is 25.0 Å². The van der Waals surface area contributed by atoms with Crippen LogP contribution in [-0.4, -0.2) is 48.2 Å². The lowest BCUT2D eigenvalue weighted by molar-refractivity contribution is -0.119. The summed E-state index contributed by atoms with van der Waals surface area (Å²) in [5, 5.41) is 14.9. The van der Waals surface area contributed by atoms with Gasteiger partial charge < -0.3 is 20.1 Å². The Balaban J connectivity index is 1.45. The van der Waals surface area contributed by atoms with Gasteiger partial charge in [0.25, 0.3) is 0 Å². The molecule has 0 spiro atoms. The zero-order chi connectivity index (χ0) is 17.5. The minimum atomic E-state index is -0.0186. The Kier molecular flexibility index (Phi) is 6.48. The summed E-state index contributed by atoms with van der Waals surface area (Å²) in [6, 6.07) is 7.60. The van der Waals surface area contributed by atoms with Crippen molar-refractivity contribution in [2.75, 3.05) is 31.3 Å². The maximum Gasteiger partial charge on any atom is 0.230 e. The van der Waals surface area contributed by atoms with E-state index in [0.717, 1.165) is 35.2 Å². The number of thioether (sulfide) groups is 1. The topological polar surface area (TPSA) is 85.4 Å². The molecule has 0 bridgehead atoms. The van der Waals surface area contributed by atoms with E-state index in [-0.39, 0.29) is 12.0 Å². The highest BCUT2D eigenvalue weighted by Crippen LogP contribution is 2.31. The number of carbonyl (C=O) groups excluding carboxylic acids is 1. The number of para-hydroxylation sites is 2. The van der Waals surface area contributed by atoms with Gasteiger partial charge in [0.1, 0.15) is 5.75 Å². The molecule has 1 amide bonds. The van der Waals surface area contributed by atoms with Crippen LogP contribution in [0.15, 0.2) is 28.6 Å². The number of benzene rings is 1. The average molecular weight is 380 g/mol. The van der Waals surface area contributed by atoms with Gasteiger partial charge in [0, 0.05) is 13.2 Å². The number of hydrogen-bond donors (Lipinski definition) is 2. The fourth-order valence-electron chi connectivity index (χ4n) is 2.39. The van der Waals surface area contributed by atoms with Crippen molar-refractivity contribution in [2.24, 2.45) is 0 Å². The first kappa shape index (κ1) is 18.0. The molecule has 2 heterocycles. The van der Waals surface area contributed by atoms with E-state index in [1.54, 1.807) is 7.11 Å². The molecule has 1 aliphatic rings. The van der Waals surface area contributed by atoms with Gasteiger partial charge in [-0.2, -0.15) is 0 Å². The number of hydrogen-bond acceptors (Lipinski definition) is 8. The number of ether oxygens (including phenoxy) is 2. The van der Waals surface area contributed by atoms with Gasteiger partial charge in [-0.3, -0.25) is 4.79 Å². The van der Waals surface area contributed by atoms with Gasteiger partial charge in [-0.1, -0.05) is 35.2 Å². The van der Waals surface area contributed by atoms with Crippen molar-refractivity contribution >= 4 is 39.8 Å². The van der Waals surface area contributed by atoms with E-state index < -0.39 is 0 Å². The number of anilines is 2. The molecule has 3 rings (SSSR count). The second-order valence-electron chi connectivity index (χ2n) is 5.43. The summed E-state index contributed by atoms with van der Waals surface area (Å²) in [7, 11) is 1.62. The molecule has 7 nitrogen and oxygen atoms in total. The molecule has 1 fully saturated rings. The maximum absolute atomic E-state index is 11.9. The predicted octanol–water partition coefficient (Wildman–Crippen LogP) is 2.68. The quantitative estimate of drug-likeness (QED) is 0.681. The van der Waals surface area contributed by atoms with E-state index in [2.05, 4.69) is 20.8 Å².